The van der Waals surface area contributed by atoms with E-state index >= 15 is 0 Å². The summed E-state index contributed by atoms with van der Waals surface area (Å²) < 4.78 is 7.67. The number of amides is 2. The summed E-state index contributed by atoms with van der Waals surface area (Å²) in [6.07, 6.45) is 0. The van der Waals surface area contributed by atoms with Crippen molar-refractivity contribution in [2.24, 2.45) is 0 Å². The molecule has 0 N–H and O–H groups in total. The molecule has 2 aromatic rings. The highest BCUT2D eigenvalue weighted by atomic mass is 16.5. The molecule has 7 nitrogen and oxygen atoms in total. The van der Waals surface area contributed by atoms with Gasteiger partial charge in [0, 0.05) is 31.7 Å². The van der Waals surface area contributed by atoms with Crippen LogP contribution in [-0.4, -0.2) is 63.4 Å². The third kappa shape index (κ3) is 3.02. The first-order chi connectivity index (χ1) is 13.1. The van der Waals surface area contributed by atoms with Crippen LogP contribution in [-0.2, 0) is 22.7 Å². The van der Waals surface area contributed by atoms with Gasteiger partial charge in [-0.15, -0.1) is 0 Å². The van der Waals surface area contributed by atoms with E-state index < -0.39 is 6.04 Å². The van der Waals surface area contributed by atoms with E-state index in [1.165, 1.54) is 0 Å². The molecule has 142 valence electrons. The number of aromatic nitrogens is 2. The Kier molecular flexibility index (Phi) is 4.70. The molecular formula is C20H24N4O3. The number of imidazole rings is 1. The molecule has 27 heavy (non-hydrogen) atoms. The minimum absolute atomic E-state index is 0.00953. The standard InChI is InChI=1S/C20H24N4O3/c1-3-22-9-10-23(14(2)19(22)25)20(26)17-16-13-27-12-11-24(16)18(21-17)15-7-5-4-6-8-15/h4-8,14H,3,9-13H2,1-2H3. The average molecular weight is 368 g/mol. The molecule has 7 heteroatoms. The third-order valence-electron chi connectivity index (χ3n) is 5.40. The Morgan fingerprint density at radius 2 is 2.00 bits per heavy atom. The van der Waals surface area contributed by atoms with Crippen molar-refractivity contribution < 1.29 is 14.3 Å². The second kappa shape index (κ2) is 7.15. The van der Waals surface area contributed by atoms with Crippen LogP contribution >= 0.6 is 0 Å². The maximum absolute atomic E-state index is 13.3. The molecule has 0 saturated carbocycles. The fraction of sp³-hybridized carbons (Fsp3) is 0.450. The zero-order valence-electron chi connectivity index (χ0n) is 15.7. The van der Waals surface area contributed by atoms with E-state index in [4.69, 9.17) is 9.72 Å². The third-order valence-corrected chi connectivity index (χ3v) is 5.40. The van der Waals surface area contributed by atoms with E-state index in [0.717, 1.165) is 17.1 Å². The number of rotatable bonds is 3. The van der Waals surface area contributed by atoms with Gasteiger partial charge in [0.15, 0.2) is 5.69 Å². The van der Waals surface area contributed by atoms with Gasteiger partial charge in [-0.25, -0.2) is 4.98 Å². The highest BCUT2D eigenvalue weighted by molar-refractivity contribution is 5.98. The van der Waals surface area contributed by atoms with Crippen LogP contribution < -0.4 is 0 Å². The minimum Gasteiger partial charge on any atom is -0.373 e. The number of hydrogen-bond donors (Lipinski definition) is 0. The molecule has 1 atom stereocenters. The van der Waals surface area contributed by atoms with Crippen molar-refractivity contribution in [1.82, 2.24) is 19.4 Å². The number of carbonyl (C=O) groups is 2. The van der Waals surface area contributed by atoms with Crippen LogP contribution in [0.5, 0.6) is 0 Å². The maximum atomic E-state index is 13.3. The van der Waals surface area contributed by atoms with Gasteiger partial charge in [-0.05, 0) is 13.8 Å². The largest absolute Gasteiger partial charge is 0.373 e. The highest BCUT2D eigenvalue weighted by Gasteiger charge is 2.37. The molecule has 2 aliphatic heterocycles. The molecule has 0 bridgehead atoms. The summed E-state index contributed by atoms with van der Waals surface area (Å²) in [5.41, 5.74) is 2.17. The van der Waals surface area contributed by atoms with Gasteiger partial charge in [0.1, 0.15) is 11.9 Å². The molecule has 1 aromatic carbocycles. The molecule has 0 radical (unpaired) electrons. The summed E-state index contributed by atoms with van der Waals surface area (Å²) in [4.78, 5) is 33.9. The first-order valence-electron chi connectivity index (χ1n) is 9.44. The molecule has 2 aliphatic rings. The van der Waals surface area contributed by atoms with Crippen molar-refractivity contribution in [2.75, 3.05) is 26.2 Å². The summed E-state index contributed by atoms with van der Waals surface area (Å²) in [5.74, 6) is 0.580. The van der Waals surface area contributed by atoms with Crippen molar-refractivity contribution in [3.8, 4) is 11.4 Å². The van der Waals surface area contributed by atoms with Gasteiger partial charge in [-0.2, -0.15) is 0 Å². The second-order valence-electron chi connectivity index (χ2n) is 6.89. The Balaban J connectivity index is 1.71. The van der Waals surface area contributed by atoms with Gasteiger partial charge < -0.3 is 19.1 Å². The number of nitrogens with zero attached hydrogens (tertiary/aromatic N) is 4. The smallest absolute Gasteiger partial charge is 0.275 e. The van der Waals surface area contributed by atoms with Gasteiger partial charge in [-0.3, -0.25) is 9.59 Å². The molecule has 1 saturated heterocycles. The number of fused-ring (bicyclic) bond motifs is 1. The van der Waals surface area contributed by atoms with Gasteiger partial charge in [-0.1, -0.05) is 30.3 Å². The topological polar surface area (TPSA) is 67.7 Å². The number of benzene rings is 1. The SMILES string of the molecule is CCN1CCN(C(=O)c2nc(-c3ccccc3)n3c2COCC3)C(C)C1=O. The quantitative estimate of drug-likeness (QED) is 0.828. The minimum atomic E-state index is -0.478. The van der Waals surface area contributed by atoms with Crippen LogP contribution in [0.25, 0.3) is 11.4 Å². The van der Waals surface area contributed by atoms with E-state index in [1.54, 1.807) is 16.7 Å². The first-order valence-corrected chi connectivity index (χ1v) is 9.44. The molecule has 4 rings (SSSR count). The molecule has 1 aromatic heterocycles. The number of piperazine rings is 1. The number of carbonyl (C=O) groups excluding carboxylic acids is 2. The maximum Gasteiger partial charge on any atom is 0.275 e. The average Bonchev–Trinajstić information content (AvgIpc) is 3.10. The first kappa shape index (κ1) is 17.7. The Morgan fingerprint density at radius 3 is 2.74 bits per heavy atom. The number of ether oxygens (including phenoxy) is 1. The van der Waals surface area contributed by atoms with Crippen molar-refractivity contribution >= 4 is 11.8 Å². The molecule has 0 aliphatic carbocycles. The summed E-state index contributed by atoms with van der Waals surface area (Å²) in [6.45, 7) is 7.11. The lowest BCUT2D eigenvalue weighted by Crippen LogP contribution is -2.57. The predicted octanol–water partition coefficient (Wildman–Crippen LogP) is 1.77. The van der Waals surface area contributed by atoms with Crippen LogP contribution in [0.4, 0.5) is 0 Å². The van der Waals surface area contributed by atoms with Gasteiger partial charge in [0.2, 0.25) is 5.91 Å². The van der Waals surface area contributed by atoms with Gasteiger partial charge in [0.25, 0.3) is 5.91 Å². The van der Waals surface area contributed by atoms with Crippen molar-refractivity contribution in [3.63, 3.8) is 0 Å². The van der Waals surface area contributed by atoms with E-state index in [-0.39, 0.29) is 11.8 Å². The Labute approximate surface area is 158 Å². The van der Waals surface area contributed by atoms with Crippen LogP contribution in [0.15, 0.2) is 30.3 Å². The fourth-order valence-corrected chi connectivity index (χ4v) is 3.83. The van der Waals surface area contributed by atoms with Crippen LogP contribution in [0, 0.1) is 0 Å². The Hall–Kier alpha value is -2.67. The highest BCUT2D eigenvalue weighted by Crippen LogP contribution is 2.27. The molecular weight excluding hydrogens is 344 g/mol. The lowest BCUT2D eigenvalue weighted by molar-refractivity contribution is -0.139. The Morgan fingerprint density at radius 1 is 1.22 bits per heavy atom. The van der Waals surface area contributed by atoms with Crippen molar-refractivity contribution in [1.29, 1.82) is 0 Å². The van der Waals surface area contributed by atoms with Crippen molar-refractivity contribution in [3.05, 3.63) is 41.7 Å². The van der Waals surface area contributed by atoms with Gasteiger partial charge >= 0.3 is 0 Å². The summed E-state index contributed by atoms with van der Waals surface area (Å²) in [6, 6.07) is 9.38. The summed E-state index contributed by atoms with van der Waals surface area (Å²) >= 11 is 0. The second-order valence-corrected chi connectivity index (χ2v) is 6.89. The zero-order chi connectivity index (χ0) is 19.0. The predicted molar refractivity (Wildman–Crippen MR) is 100 cm³/mol. The van der Waals surface area contributed by atoms with Crippen LogP contribution in [0.2, 0.25) is 0 Å². The van der Waals surface area contributed by atoms with Gasteiger partial charge in [0.05, 0.1) is 18.9 Å². The van der Waals surface area contributed by atoms with E-state index in [2.05, 4.69) is 4.57 Å². The zero-order valence-corrected chi connectivity index (χ0v) is 15.7. The molecule has 3 heterocycles. The Bertz CT molecular complexity index is 862. The van der Waals surface area contributed by atoms with Crippen LogP contribution in [0.1, 0.15) is 30.0 Å². The summed E-state index contributed by atoms with van der Waals surface area (Å²) in [7, 11) is 0. The molecule has 2 amide bonds. The summed E-state index contributed by atoms with van der Waals surface area (Å²) in [5, 5.41) is 0. The number of hydrogen-bond acceptors (Lipinski definition) is 4. The lowest BCUT2D eigenvalue weighted by Gasteiger charge is -2.38. The lowest BCUT2D eigenvalue weighted by atomic mass is 10.1. The monoisotopic (exact) mass is 368 g/mol. The molecule has 1 fully saturated rings. The van der Waals surface area contributed by atoms with E-state index in [1.807, 2.05) is 37.3 Å². The van der Waals surface area contributed by atoms with Crippen LogP contribution in [0.3, 0.4) is 0 Å². The van der Waals surface area contributed by atoms with E-state index in [9.17, 15) is 9.59 Å². The fourth-order valence-electron chi connectivity index (χ4n) is 3.83. The molecule has 0 spiro atoms. The van der Waals surface area contributed by atoms with E-state index in [0.29, 0.717) is 45.1 Å². The normalized spacial score (nSPS) is 19.9. The molecule has 1 unspecified atom stereocenters. The number of likely N-dealkylation sites (N-methyl/N-ethyl adjacent to an activating group) is 1. The van der Waals surface area contributed by atoms with Crippen molar-refractivity contribution in [2.45, 2.75) is 33.0 Å².